The van der Waals surface area contributed by atoms with Gasteiger partial charge in [0.1, 0.15) is 6.17 Å². The highest BCUT2D eigenvalue weighted by Crippen LogP contribution is 2.54. The monoisotopic (exact) mass is 205 g/mol. The molecule has 2 heteroatoms. The highest BCUT2D eigenvalue weighted by atomic mass is 19.1. The predicted molar refractivity (Wildman–Crippen MR) is 58.6 cm³/mol. The van der Waals surface area contributed by atoms with Gasteiger partial charge in [-0.1, -0.05) is 30.3 Å². The molecule has 1 saturated heterocycles. The van der Waals surface area contributed by atoms with Crippen LogP contribution < -0.4 is 5.32 Å². The van der Waals surface area contributed by atoms with Crippen LogP contribution in [-0.2, 0) is 0 Å². The Balaban J connectivity index is 1.87. The Bertz CT molecular complexity index is 343. The molecule has 0 aromatic heterocycles. The minimum atomic E-state index is -0.559. The Morgan fingerprint density at radius 2 is 1.93 bits per heavy atom. The van der Waals surface area contributed by atoms with Crippen molar-refractivity contribution in [2.24, 2.45) is 5.41 Å². The minimum Gasteiger partial charge on any atom is -0.316 e. The molecule has 1 N–H and O–H groups in total. The van der Waals surface area contributed by atoms with Crippen molar-refractivity contribution < 1.29 is 4.39 Å². The van der Waals surface area contributed by atoms with E-state index in [-0.39, 0.29) is 5.41 Å². The molecule has 0 radical (unpaired) electrons. The molecular weight excluding hydrogens is 189 g/mol. The average Bonchev–Trinajstić information content (AvgIpc) is 2.63. The maximum Gasteiger partial charge on any atom is 0.101 e. The molecule has 1 unspecified atom stereocenters. The molecule has 1 aliphatic carbocycles. The summed E-state index contributed by atoms with van der Waals surface area (Å²) >= 11 is 0. The third kappa shape index (κ3) is 1.39. The second kappa shape index (κ2) is 3.31. The van der Waals surface area contributed by atoms with Gasteiger partial charge in [0, 0.05) is 19.0 Å². The van der Waals surface area contributed by atoms with Crippen molar-refractivity contribution in [1.82, 2.24) is 5.32 Å². The molecule has 1 aromatic rings. The maximum atomic E-state index is 13.1. The quantitative estimate of drug-likeness (QED) is 0.742. The SMILES string of the molecule is FC1CC2(CNCC2c2ccccc2)C1. The summed E-state index contributed by atoms with van der Waals surface area (Å²) in [7, 11) is 0. The van der Waals surface area contributed by atoms with E-state index >= 15 is 0 Å². The third-order valence-electron chi connectivity index (χ3n) is 4.02. The predicted octanol–water partition coefficient (Wildman–Crippen LogP) is 2.49. The van der Waals surface area contributed by atoms with Gasteiger partial charge in [-0.05, 0) is 23.8 Å². The molecule has 15 heavy (non-hydrogen) atoms. The molecule has 1 nitrogen and oxygen atoms in total. The van der Waals surface area contributed by atoms with E-state index in [4.69, 9.17) is 0 Å². The molecule has 0 amide bonds. The lowest BCUT2D eigenvalue weighted by atomic mass is 9.60. The second-order valence-electron chi connectivity index (χ2n) is 4.96. The van der Waals surface area contributed by atoms with Crippen LogP contribution in [0.3, 0.4) is 0 Å². The first-order valence-corrected chi connectivity index (χ1v) is 5.70. The van der Waals surface area contributed by atoms with Crippen LogP contribution in [0.4, 0.5) is 4.39 Å². The van der Waals surface area contributed by atoms with Crippen LogP contribution in [0.5, 0.6) is 0 Å². The second-order valence-corrected chi connectivity index (χ2v) is 4.96. The zero-order valence-electron chi connectivity index (χ0n) is 8.75. The number of alkyl halides is 1. The van der Waals surface area contributed by atoms with E-state index in [2.05, 4.69) is 29.6 Å². The first kappa shape index (κ1) is 9.34. The van der Waals surface area contributed by atoms with Crippen LogP contribution in [0.1, 0.15) is 24.3 Å². The fourth-order valence-corrected chi connectivity index (χ4v) is 3.21. The lowest BCUT2D eigenvalue weighted by Gasteiger charge is -2.45. The molecule has 1 spiro atoms. The molecule has 1 heterocycles. The Hall–Kier alpha value is -0.890. The third-order valence-corrected chi connectivity index (χ3v) is 4.02. The van der Waals surface area contributed by atoms with Crippen LogP contribution in [-0.4, -0.2) is 19.3 Å². The van der Waals surface area contributed by atoms with Crippen LogP contribution in [0.2, 0.25) is 0 Å². The van der Waals surface area contributed by atoms with E-state index in [1.807, 2.05) is 6.07 Å². The van der Waals surface area contributed by atoms with Gasteiger partial charge in [-0.25, -0.2) is 4.39 Å². The summed E-state index contributed by atoms with van der Waals surface area (Å²) in [6.07, 6.45) is 0.940. The topological polar surface area (TPSA) is 12.0 Å². The highest BCUT2D eigenvalue weighted by molar-refractivity contribution is 5.26. The number of nitrogens with one attached hydrogen (secondary N) is 1. The van der Waals surface area contributed by atoms with Gasteiger partial charge in [0.25, 0.3) is 0 Å². The fourth-order valence-electron chi connectivity index (χ4n) is 3.21. The summed E-state index contributed by atoms with van der Waals surface area (Å²) in [5.74, 6) is 0.519. The molecular formula is C13H16FN. The summed E-state index contributed by atoms with van der Waals surface area (Å²) in [5.41, 5.74) is 1.59. The Labute approximate surface area is 89.7 Å². The molecule has 1 atom stereocenters. The van der Waals surface area contributed by atoms with Gasteiger partial charge in [-0.3, -0.25) is 0 Å². The van der Waals surface area contributed by atoms with Crippen LogP contribution in [0, 0.1) is 5.41 Å². The van der Waals surface area contributed by atoms with Gasteiger partial charge in [-0.2, -0.15) is 0 Å². The van der Waals surface area contributed by atoms with Gasteiger partial charge in [0.2, 0.25) is 0 Å². The Morgan fingerprint density at radius 3 is 2.60 bits per heavy atom. The van der Waals surface area contributed by atoms with Crippen LogP contribution in [0.15, 0.2) is 30.3 Å². The van der Waals surface area contributed by atoms with E-state index in [9.17, 15) is 4.39 Å². The molecule has 2 aliphatic rings. The van der Waals surface area contributed by atoms with E-state index in [1.165, 1.54) is 5.56 Å². The van der Waals surface area contributed by atoms with E-state index in [0.717, 1.165) is 25.9 Å². The lowest BCUT2D eigenvalue weighted by Crippen LogP contribution is -2.43. The maximum absolute atomic E-state index is 13.1. The summed E-state index contributed by atoms with van der Waals surface area (Å²) in [5, 5.41) is 3.42. The van der Waals surface area contributed by atoms with Crippen molar-refractivity contribution in [3.63, 3.8) is 0 Å². The van der Waals surface area contributed by atoms with Crippen molar-refractivity contribution in [2.45, 2.75) is 24.9 Å². The van der Waals surface area contributed by atoms with Crippen LogP contribution in [0.25, 0.3) is 0 Å². The number of benzene rings is 1. The zero-order valence-corrected chi connectivity index (χ0v) is 8.75. The van der Waals surface area contributed by atoms with Crippen molar-refractivity contribution in [3.05, 3.63) is 35.9 Å². The standard InChI is InChI=1S/C13H16FN/c14-11-6-13(7-11)9-15-8-12(13)10-4-2-1-3-5-10/h1-5,11-12,15H,6-9H2. The van der Waals surface area contributed by atoms with E-state index < -0.39 is 6.17 Å². The average molecular weight is 205 g/mol. The molecule has 1 aromatic carbocycles. The van der Waals surface area contributed by atoms with Crippen molar-refractivity contribution >= 4 is 0 Å². The van der Waals surface area contributed by atoms with E-state index in [0.29, 0.717) is 5.92 Å². The molecule has 1 saturated carbocycles. The molecule has 0 bridgehead atoms. The molecule has 1 aliphatic heterocycles. The van der Waals surface area contributed by atoms with Gasteiger partial charge in [0.15, 0.2) is 0 Å². The summed E-state index contributed by atoms with van der Waals surface area (Å²) in [6, 6.07) is 10.5. The Kier molecular flexibility index (Phi) is 2.06. The number of hydrogen-bond acceptors (Lipinski definition) is 1. The first-order valence-electron chi connectivity index (χ1n) is 5.70. The van der Waals surface area contributed by atoms with Gasteiger partial charge in [-0.15, -0.1) is 0 Å². The summed E-state index contributed by atoms with van der Waals surface area (Å²) < 4.78 is 13.1. The number of rotatable bonds is 1. The first-order chi connectivity index (χ1) is 7.30. The van der Waals surface area contributed by atoms with Crippen LogP contribution >= 0.6 is 0 Å². The summed E-state index contributed by atoms with van der Waals surface area (Å²) in [6.45, 7) is 2.00. The molecule has 80 valence electrons. The molecule has 2 fully saturated rings. The smallest absolute Gasteiger partial charge is 0.101 e. The molecule has 3 rings (SSSR count). The largest absolute Gasteiger partial charge is 0.316 e. The summed E-state index contributed by atoms with van der Waals surface area (Å²) in [4.78, 5) is 0. The van der Waals surface area contributed by atoms with Crippen molar-refractivity contribution in [2.75, 3.05) is 13.1 Å². The van der Waals surface area contributed by atoms with Crippen molar-refractivity contribution in [1.29, 1.82) is 0 Å². The normalized spacial score (nSPS) is 39.3. The number of halogens is 1. The highest BCUT2D eigenvalue weighted by Gasteiger charge is 2.52. The van der Waals surface area contributed by atoms with Crippen molar-refractivity contribution in [3.8, 4) is 0 Å². The lowest BCUT2D eigenvalue weighted by molar-refractivity contribution is 0.0287. The Morgan fingerprint density at radius 1 is 1.20 bits per heavy atom. The zero-order chi connectivity index (χ0) is 10.3. The van der Waals surface area contributed by atoms with Gasteiger partial charge >= 0.3 is 0 Å². The van der Waals surface area contributed by atoms with Gasteiger partial charge < -0.3 is 5.32 Å². The van der Waals surface area contributed by atoms with Gasteiger partial charge in [0.05, 0.1) is 0 Å². The number of hydrogen-bond donors (Lipinski definition) is 1. The fraction of sp³-hybridized carbons (Fsp3) is 0.538. The minimum absolute atomic E-state index is 0.223. The van der Waals surface area contributed by atoms with E-state index in [1.54, 1.807) is 0 Å².